The maximum atomic E-state index is 6.45. The molecule has 2 heterocycles. The Kier molecular flexibility index (Phi) is 4.74. The summed E-state index contributed by atoms with van der Waals surface area (Å²) in [7, 11) is 0. The molecule has 3 aromatic rings. The first-order chi connectivity index (χ1) is 12.7. The van der Waals surface area contributed by atoms with Gasteiger partial charge in [-0.3, -0.25) is 0 Å². The molecule has 2 aromatic carbocycles. The molecule has 0 saturated heterocycles. The number of hydrogen-bond donors (Lipinski definition) is 1. The third-order valence-corrected chi connectivity index (χ3v) is 5.11. The molecule has 134 valence electrons. The second-order valence-corrected chi connectivity index (χ2v) is 6.96. The second kappa shape index (κ2) is 7.17. The Labute approximate surface area is 161 Å². The smallest absolute Gasteiger partial charge is 0.222 e. The molecule has 4 rings (SSSR count). The van der Waals surface area contributed by atoms with Crippen molar-refractivity contribution in [2.45, 2.75) is 25.4 Å². The molecule has 1 aromatic heterocycles. The molecule has 0 fully saturated rings. The predicted molar refractivity (Wildman–Crippen MR) is 103 cm³/mol. The van der Waals surface area contributed by atoms with Crippen LogP contribution in [0.15, 0.2) is 48.8 Å². The molecule has 0 saturated carbocycles. The van der Waals surface area contributed by atoms with Gasteiger partial charge >= 0.3 is 0 Å². The zero-order valence-electron chi connectivity index (χ0n) is 14.2. The molecular formula is C19H18Cl2N4O. The van der Waals surface area contributed by atoms with E-state index >= 15 is 0 Å². The fourth-order valence-corrected chi connectivity index (χ4v) is 3.95. The topological polar surface area (TPSA) is 52.0 Å². The Morgan fingerprint density at radius 2 is 2.04 bits per heavy atom. The number of halogens is 2. The minimum Gasteiger partial charge on any atom is -0.494 e. The van der Waals surface area contributed by atoms with Gasteiger partial charge in [-0.2, -0.15) is 10.1 Å². The van der Waals surface area contributed by atoms with E-state index in [-0.39, 0.29) is 12.1 Å². The number of nitrogens with zero attached hydrogens (tertiary/aromatic N) is 3. The summed E-state index contributed by atoms with van der Waals surface area (Å²) in [6, 6.07) is 13.6. The number of hydrogen-bond acceptors (Lipinski definition) is 4. The first-order valence-electron chi connectivity index (χ1n) is 8.50. The van der Waals surface area contributed by atoms with E-state index in [2.05, 4.69) is 21.5 Å². The highest BCUT2D eigenvalue weighted by molar-refractivity contribution is 6.35. The lowest BCUT2D eigenvalue weighted by Crippen LogP contribution is -2.28. The summed E-state index contributed by atoms with van der Waals surface area (Å²) in [4.78, 5) is 4.36. The normalized spacial score (nSPS) is 18.9. The Hall–Kier alpha value is -2.24. The molecule has 2 unspecified atom stereocenters. The number of benzene rings is 2. The van der Waals surface area contributed by atoms with Crippen LogP contribution in [0.25, 0.3) is 0 Å². The highest BCUT2D eigenvalue weighted by Crippen LogP contribution is 2.42. The van der Waals surface area contributed by atoms with Crippen molar-refractivity contribution < 1.29 is 4.74 Å². The van der Waals surface area contributed by atoms with E-state index in [4.69, 9.17) is 27.9 Å². The van der Waals surface area contributed by atoms with Crippen LogP contribution in [0.5, 0.6) is 5.75 Å². The fourth-order valence-electron chi connectivity index (χ4n) is 3.41. The van der Waals surface area contributed by atoms with Gasteiger partial charge in [0.2, 0.25) is 5.95 Å². The number of anilines is 1. The summed E-state index contributed by atoms with van der Waals surface area (Å²) < 4.78 is 7.74. The van der Waals surface area contributed by atoms with Gasteiger partial charge in [-0.05, 0) is 37.1 Å². The second-order valence-electron chi connectivity index (χ2n) is 6.11. The summed E-state index contributed by atoms with van der Waals surface area (Å²) >= 11 is 12.5. The average molecular weight is 389 g/mol. The van der Waals surface area contributed by atoms with Crippen molar-refractivity contribution in [3.05, 3.63) is 70.0 Å². The third-order valence-electron chi connectivity index (χ3n) is 4.55. The third kappa shape index (κ3) is 3.13. The molecule has 1 aliphatic rings. The molecule has 0 aliphatic carbocycles. The van der Waals surface area contributed by atoms with Gasteiger partial charge in [0.25, 0.3) is 0 Å². The van der Waals surface area contributed by atoms with Crippen LogP contribution in [0.4, 0.5) is 5.95 Å². The van der Waals surface area contributed by atoms with Gasteiger partial charge in [0.15, 0.2) is 0 Å². The molecule has 1 N–H and O–H groups in total. The molecule has 5 nitrogen and oxygen atoms in total. The van der Waals surface area contributed by atoms with E-state index in [1.807, 2.05) is 41.9 Å². The monoisotopic (exact) mass is 388 g/mol. The standard InChI is InChI=1S/C19H18Cl2N4O/c1-2-26-18-6-4-3-5-14(18)17-10-16(24-19-22-11-23-25(17)19)13-8-7-12(20)9-15(13)21/h3-9,11,16-17H,2,10H2,1H3,(H,22,23,24). The average Bonchev–Trinajstić information content (AvgIpc) is 3.10. The number of fused-ring (bicyclic) bond motifs is 1. The Bertz CT molecular complexity index is 927. The van der Waals surface area contributed by atoms with Crippen molar-refractivity contribution in [1.82, 2.24) is 14.8 Å². The van der Waals surface area contributed by atoms with Crippen LogP contribution in [0.2, 0.25) is 10.0 Å². The number of para-hydroxylation sites is 1. The predicted octanol–water partition coefficient (Wildman–Crippen LogP) is 5.13. The van der Waals surface area contributed by atoms with E-state index in [1.165, 1.54) is 0 Å². The maximum Gasteiger partial charge on any atom is 0.222 e. The lowest BCUT2D eigenvalue weighted by molar-refractivity contribution is 0.325. The summed E-state index contributed by atoms with van der Waals surface area (Å²) in [6.45, 7) is 2.59. The van der Waals surface area contributed by atoms with Crippen LogP contribution < -0.4 is 10.1 Å². The van der Waals surface area contributed by atoms with E-state index in [0.717, 1.165) is 23.3 Å². The molecule has 7 heteroatoms. The number of nitrogens with one attached hydrogen (secondary N) is 1. The summed E-state index contributed by atoms with van der Waals surface area (Å²) in [6.07, 6.45) is 2.33. The van der Waals surface area contributed by atoms with Crippen LogP contribution in [-0.2, 0) is 0 Å². The van der Waals surface area contributed by atoms with Crippen molar-refractivity contribution in [3.8, 4) is 5.75 Å². The van der Waals surface area contributed by atoms with E-state index in [9.17, 15) is 0 Å². The summed E-state index contributed by atoms with van der Waals surface area (Å²) in [5, 5.41) is 9.10. The molecule has 0 radical (unpaired) electrons. The lowest BCUT2D eigenvalue weighted by atomic mass is 9.93. The Balaban J connectivity index is 1.76. The molecule has 1 aliphatic heterocycles. The highest BCUT2D eigenvalue weighted by Gasteiger charge is 2.32. The fraction of sp³-hybridized carbons (Fsp3) is 0.263. The molecular weight excluding hydrogens is 371 g/mol. The van der Waals surface area contributed by atoms with Gasteiger partial charge in [0, 0.05) is 15.6 Å². The zero-order chi connectivity index (χ0) is 18.1. The van der Waals surface area contributed by atoms with Crippen LogP contribution in [0.3, 0.4) is 0 Å². The maximum absolute atomic E-state index is 6.45. The molecule has 0 bridgehead atoms. The minimum absolute atomic E-state index is 0.00357. The molecule has 0 spiro atoms. The number of ether oxygens (including phenoxy) is 1. The zero-order valence-corrected chi connectivity index (χ0v) is 15.7. The van der Waals surface area contributed by atoms with Gasteiger partial charge in [0.05, 0.1) is 18.7 Å². The van der Waals surface area contributed by atoms with E-state index in [0.29, 0.717) is 22.6 Å². The van der Waals surface area contributed by atoms with Crippen molar-refractivity contribution in [2.75, 3.05) is 11.9 Å². The minimum atomic E-state index is -0.00625. The van der Waals surface area contributed by atoms with Crippen LogP contribution >= 0.6 is 23.2 Å². The van der Waals surface area contributed by atoms with Gasteiger partial charge in [-0.1, -0.05) is 47.5 Å². The number of aromatic nitrogens is 3. The SMILES string of the molecule is CCOc1ccccc1C1CC(c2ccc(Cl)cc2Cl)Nc2ncnn21. The van der Waals surface area contributed by atoms with Gasteiger partial charge in [0.1, 0.15) is 12.1 Å². The van der Waals surface area contributed by atoms with Gasteiger partial charge < -0.3 is 10.1 Å². The van der Waals surface area contributed by atoms with Gasteiger partial charge in [-0.25, -0.2) is 4.68 Å². The van der Waals surface area contributed by atoms with Crippen molar-refractivity contribution >= 4 is 29.2 Å². The first kappa shape index (κ1) is 17.2. The van der Waals surface area contributed by atoms with Crippen LogP contribution in [0, 0.1) is 0 Å². The van der Waals surface area contributed by atoms with Crippen molar-refractivity contribution in [1.29, 1.82) is 0 Å². The first-order valence-corrected chi connectivity index (χ1v) is 9.25. The van der Waals surface area contributed by atoms with Gasteiger partial charge in [-0.15, -0.1) is 0 Å². The molecule has 2 atom stereocenters. The highest BCUT2D eigenvalue weighted by atomic mass is 35.5. The van der Waals surface area contributed by atoms with E-state index in [1.54, 1.807) is 12.4 Å². The summed E-state index contributed by atoms with van der Waals surface area (Å²) in [5.74, 6) is 1.58. The van der Waals surface area contributed by atoms with Crippen molar-refractivity contribution in [3.63, 3.8) is 0 Å². The molecule has 0 amide bonds. The lowest BCUT2D eigenvalue weighted by Gasteiger charge is -2.32. The summed E-state index contributed by atoms with van der Waals surface area (Å²) in [5.41, 5.74) is 2.07. The number of rotatable bonds is 4. The largest absolute Gasteiger partial charge is 0.494 e. The Morgan fingerprint density at radius 1 is 1.19 bits per heavy atom. The molecule has 26 heavy (non-hydrogen) atoms. The van der Waals surface area contributed by atoms with Crippen LogP contribution in [-0.4, -0.2) is 21.4 Å². The van der Waals surface area contributed by atoms with E-state index < -0.39 is 0 Å². The quantitative estimate of drug-likeness (QED) is 0.672. The van der Waals surface area contributed by atoms with Crippen molar-refractivity contribution in [2.24, 2.45) is 0 Å². The van der Waals surface area contributed by atoms with Crippen LogP contribution in [0.1, 0.15) is 36.6 Å². The Morgan fingerprint density at radius 3 is 2.85 bits per heavy atom.